The molecule has 1 amide bonds. The third-order valence-corrected chi connectivity index (χ3v) is 5.12. The molecule has 2 fully saturated rings. The Bertz CT molecular complexity index is 475. The highest BCUT2D eigenvalue weighted by Crippen LogP contribution is 2.38. The SMILES string of the molecule is O=C(CC1(O)CCCC1)NC(c1ccccc1)C1CCC1. The number of hydrogen-bond acceptors (Lipinski definition) is 2. The van der Waals surface area contributed by atoms with Crippen molar-refractivity contribution >= 4 is 5.91 Å². The number of amides is 1. The van der Waals surface area contributed by atoms with Crippen molar-refractivity contribution in [2.75, 3.05) is 0 Å². The normalized spacial score (nSPS) is 22.5. The maximum Gasteiger partial charge on any atom is 0.223 e. The summed E-state index contributed by atoms with van der Waals surface area (Å²) < 4.78 is 0. The van der Waals surface area contributed by atoms with E-state index in [1.807, 2.05) is 18.2 Å². The fourth-order valence-corrected chi connectivity index (χ4v) is 3.64. The lowest BCUT2D eigenvalue weighted by atomic mass is 9.77. The molecular weight excluding hydrogens is 262 g/mol. The number of hydrogen-bond donors (Lipinski definition) is 2. The second-order valence-electron chi connectivity index (χ2n) is 6.76. The first-order valence-corrected chi connectivity index (χ1v) is 8.23. The lowest BCUT2D eigenvalue weighted by molar-refractivity contribution is -0.127. The first-order chi connectivity index (χ1) is 10.2. The van der Waals surface area contributed by atoms with Gasteiger partial charge in [0.15, 0.2) is 0 Å². The predicted molar refractivity (Wildman–Crippen MR) is 82.7 cm³/mol. The first kappa shape index (κ1) is 14.6. The highest BCUT2D eigenvalue weighted by molar-refractivity contribution is 5.77. The lowest BCUT2D eigenvalue weighted by Crippen LogP contribution is -2.40. The van der Waals surface area contributed by atoms with Crippen LogP contribution in [0.2, 0.25) is 0 Å². The van der Waals surface area contributed by atoms with Gasteiger partial charge in [-0.2, -0.15) is 0 Å². The minimum Gasteiger partial charge on any atom is -0.389 e. The molecule has 1 unspecified atom stereocenters. The van der Waals surface area contributed by atoms with Crippen molar-refractivity contribution in [2.45, 2.75) is 63.0 Å². The summed E-state index contributed by atoms with van der Waals surface area (Å²) in [5.74, 6) is 0.551. The number of carbonyl (C=O) groups is 1. The van der Waals surface area contributed by atoms with Crippen molar-refractivity contribution in [3.8, 4) is 0 Å². The molecule has 114 valence electrons. The van der Waals surface area contributed by atoms with E-state index in [4.69, 9.17) is 0 Å². The summed E-state index contributed by atoms with van der Waals surface area (Å²) in [5.41, 5.74) is 0.430. The number of benzene rings is 1. The van der Waals surface area contributed by atoms with Crippen molar-refractivity contribution in [1.82, 2.24) is 5.32 Å². The fraction of sp³-hybridized carbons (Fsp3) is 0.611. The molecule has 0 spiro atoms. The minimum absolute atomic E-state index is 0.000142. The summed E-state index contributed by atoms with van der Waals surface area (Å²) >= 11 is 0. The molecule has 0 saturated heterocycles. The van der Waals surface area contributed by atoms with Gasteiger partial charge in [-0.3, -0.25) is 4.79 Å². The molecule has 3 nitrogen and oxygen atoms in total. The molecule has 0 aromatic heterocycles. The van der Waals surface area contributed by atoms with E-state index >= 15 is 0 Å². The van der Waals surface area contributed by atoms with E-state index < -0.39 is 5.60 Å². The summed E-state index contributed by atoms with van der Waals surface area (Å²) in [6.07, 6.45) is 7.48. The zero-order valence-corrected chi connectivity index (χ0v) is 12.6. The monoisotopic (exact) mass is 287 g/mol. The van der Waals surface area contributed by atoms with Gasteiger partial charge >= 0.3 is 0 Å². The molecule has 21 heavy (non-hydrogen) atoms. The number of rotatable bonds is 5. The van der Waals surface area contributed by atoms with Gasteiger partial charge in [0.05, 0.1) is 18.1 Å². The van der Waals surface area contributed by atoms with Gasteiger partial charge < -0.3 is 10.4 Å². The summed E-state index contributed by atoms with van der Waals surface area (Å²) in [5, 5.41) is 13.6. The van der Waals surface area contributed by atoms with E-state index in [9.17, 15) is 9.90 Å². The van der Waals surface area contributed by atoms with E-state index in [2.05, 4.69) is 17.4 Å². The maximum absolute atomic E-state index is 12.4. The van der Waals surface area contributed by atoms with Crippen LogP contribution in [0, 0.1) is 5.92 Å². The number of carbonyl (C=O) groups excluding carboxylic acids is 1. The third kappa shape index (κ3) is 3.46. The van der Waals surface area contributed by atoms with Crippen molar-refractivity contribution in [1.29, 1.82) is 0 Å². The zero-order chi connectivity index (χ0) is 14.7. The van der Waals surface area contributed by atoms with Crippen LogP contribution in [0.4, 0.5) is 0 Å². The standard InChI is InChI=1S/C18H25NO2/c20-16(13-18(21)11-4-5-12-18)19-17(15-9-6-10-15)14-7-2-1-3-8-14/h1-3,7-8,15,17,21H,4-6,9-13H2,(H,19,20). The molecule has 3 heteroatoms. The Morgan fingerprint density at radius 1 is 1.19 bits per heavy atom. The van der Waals surface area contributed by atoms with Crippen molar-refractivity contribution in [2.24, 2.45) is 5.92 Å². The first-order valence-electron chi connectivity index (χ1n) is 8.23. The highest BCUT2D eigenvalue weighted by atomic mass is 16.3. The van der Waals surface area contributed by atoms with Crippen LogP contribution in [-0.4, -0.2) is 16.6 Å². The van der Waals surface area contributed by atoms with E-state index in [1.54, 1.807) is 0 Å². The van der Waals surface area contributed by atoms with Crippen LogP contribution in [0.15, 0.2) is 30.3 Å². The van der Waals surface area contributed by atoms with Crippen molar-refractivity contribution in [3.05, 3.63) is 35.9 Å². The molecule has 0 bridgehead atoms. The molecule has 2 saturated carbocycles. The van der Waals surface area contributed by atoms with E-state index in [1.165, 1.54) is 24.8 Å². The second kappa shape index (κ2) is 6.18. The van der Waals surface area contributed by atoms with Crippen LogP contribution in [-0.2, 0) is 4.79 Å². The van der Waals surface area contributed by atoms with Gasteiger partial charge in [0, 0.05) is 0 Å². The molecule has 2 N–H and O–H groups in total. The van der Waals surface area contributed by atoms with Crippen LogP contribution in [0.5, 0.6) is 0 Å². The minimum atomic E-state index is -0.759. The van der Waals surface area contributed by atoms with Crippen molar-refractivity contribution in [3.63, 3.8) is 0 Å². The van der Waals surface area contributed by atoms with Crippen LogP contribution in [0.25, 0.3) is 0 Å². The van der Waals surface area contributed by atoms with Crippen LogP contribution in [0.3, 0.4) is 0 Å². The Morgan fingerprint density at radius 3 is 2.43 bits per heavy atom. The van der Waals surface area contributed by atoms with Crippen LogP contribution >= 0.6 is 0 Å². The topological polar surface area (TPSA) is 49.3 Å². The van der Waals surface area contributed by atoms with Crippen LogP contribution < -0.4 is 5.32 Å². The summed E-state index contributed by atoms with van der Waals surface area (Å²) in [6, 6.07) is 10.3. The maximum atomic E-state index is 12.4. The molecule has 2 aliphatic carbocycles. The fourth-order valence-electron chi connectivity index (χ4n) is 3.64. The Balaban J connectivity index is 1.65. The third-order valence-electron chi connectivity index (χ3n) is 5.12. The molecule has 3 rings (SSSR count). The highest BCUT2D eigenvalue weighted by Gasteiger charge is 2.35. The van der Waals surface area contributed by atoms with Gasteiger partial charge in [0.1, 0.15) is 0 Å². The lowest BCUT2D eigenvalue weighted by Gasteiger charge is -2.35. The summed E-state index contributed by atoms with van der Waals surface area (Å²) in [7, 11) is 0. The van der Waals surface area contributed by atoms with Gasteiger partial charge in [-0.25, -0.2) is 0 Å². The molecule has 0 aliphatic heterocycles. The van der Waals surface area contributed by atoms with Gasteiger partial charge in [-0.05, 0) is 37.2 Å². The molecule has 1 atom stereocenters. The number of nitrogens with one attached hydrogen (secondary N) is 1. The largest absolute Gasteiger partial charge is 0.389 e. The molecule has 1 aromatic carbocycles. The predicted octanol–water partition coefficient (Wildman–Crippen LogP) is 3.34. The van der Waals surface area contributed by atoms with Gasteiger partial charge in [-0.15, -0.1) is 0 Å². The Kier molecular flexibility index (Phi) is 4.29. The average Bonchev–Trinajstić information content (AvgIpc) is 2.83. The number of aliphatic hydroxyl groups is 1. The summed E-state index contributed by atoms with van der Waals surface area (Å²) in [6.45, 7) is 0. The molecule has 0 heterocycles. The zero-order valence-electron chi connectivity index (χ0n) is 12.6. The average molecular weight is 287 g/mol. The van der Waals surface area contributed by atoms with Gasteiger partial charge in [0.25, 0.3) is 0 Å². The Hall–Kier alpha value is -1.35. The smallest absolute Gasteiger partial charge is 0.223 e. The Morgan fingerprint density at radius 2 is 1.86 bits per heavy atom. The van der Waals surface area contributed by atoms with E-state index in [0.717, 1.165) is 25.7 Å². The summed E-state index contributed by atoms with van der Waals surface area (Å²) in [4.78, 5) is 12.4. The van der Waals surface area contributed by atoms with Crippen LogP contribution in [0.1, 0.15) is 63.0 Å². The second-order valence-corrected chi connectivity index (χ2v) is 6.76. The Labute approximate surface area is 126 Å². The molecule has 1 aromatic rings. The van der Waals surface area contributed by atoms with Crippen molar-refractivity contribution < 1.29 is 9.90 Å². The molecule has 0 radical (unpaired) electrons. The molecular formula is C18H25NO2. The van der Waals surface area contributed by atoms with E-state index in [0.29, 0.717) is 5.92 Å². The van der Waals surface area contributed by atoms with Gasteiger partial charge in [-0.1, -0.05) is 49.6 Å². The quantitative estimate of drug-likeness (QED) is 0.872. The van der Waals surface area contributed by atoms with E-state index in [-0.39, 0.29) is 18.4 Å². The molecule has 2 aliphatic rings. The van der Waals surface area contributed by atoms with Gasteiger partial charge in [0.2, 0.25) is 5.91 Å².